The molecule has 2 aromatic carbocycles. The molecule has 0 aliphatic rings. The van der Waals surface area contributed by atoms with E-state index in [0.29, 0.717) is 22.0 Å². The van der Waals surface area contributed by atoms with Gasteiger partial charge in [-0.3, -0.25) is 4.79 Å². The Morgan fingerprint density at radius 3 is 2.27 bits per heavy atom. The number of halogens is 2. The van der Waals surface area contributed by atoms with Gasteiger partial charge in [-0.15, -0.1) is 6.58 Å². The van der Waals surface area contributed by atoms with Crippen molar-refractivity contribution in [3.63, 3.8) is 0 Å². The Hall–Kier alpha value is -1.86. The standard InChI is InChI=1S/C22H26Cl2N2O3S/c1-5-9-17(15-12-13-18(23)19(24)14-15)20(21(27)25-22(2,3)4)26-30(28,29)16-10-7-6-8-11-16/h5-8,10-14,17,20,26H,1,9H2,2-4H3,(H,25,27)/t17-,20?/m0/s1. The van der Waals surface area contributed by atoms with Gasteiger partial charge in [0, 0.05) is 11.5 Å². The lowest BCUT2D eigenvalue weighted by molar-refractivity contribution is -0.124. The third-order valence-corrected chi connectivity index (χ3v) is 6.51. The summed E-state index contributed by atoms with van der Waals surface area (Å²) in [6.07, 6.45) is 1.98. The predicted octanol–water partition coefficient (Wildman–Crippen LogP) is 4.91. The highest BCUT2D eigenvalue weighted by molar-refractivity contribution is 7.89. The fourth-order valence-electron chi connectivity index (χ4n) is 2.99. The molecule has 2 N–H and O–H groups in total. The molecular weight excluding hydrogens is 443 g/mol. The molecule has 0 radical (unpaired) electrons. The van der Waals surface area contributed by atoms with Crippen LogP contribution in [0.25, 0.3) is 0 Å². The van der Waals surface area contributed by atoms with Gasteiger partial charge in [-0.1, -0.05) is 53.5 Å². The maximum absolute atomic E-state index is 13.2. The minimum atomic E-state index is -3.95. The molecule has 1 unspecified atom stereocenters. The molecule has 2 rings (SSSR count). The Balaban J connectivity index is 2.52. The molecule has 162 valence electrons. The average Bonchev–Trinajstić information content (AvgIpc) is 2.66. The van der Waals surface area contributed by atoms with E-state index < -0.39 is 33.4 Å². The highest BCUT2D eigenvalue weighted by Gasteiger charge is 2.35. The van der Waals surface area contributed by atoms with Gasteiger partial charge >= 0.3 is 0 Å². The van der Waals surface area contributed by atoms with E-state index >= 15 is 0 Å². The molecule has 1 amide bonds. The fraction of sp³-hybridized carbons (Fsp3) is 0.318. The van der Waals surface area contributed by atoms with Crippen LogP contribution in [-0.4, -0.2) is 25.9 Å². The summed E-state index contributed by atoms with van der Waals surface area (Å²) >= 11 is 12.2. The van der Waals surface area contributed by atoms with E-state index in [9.17, 15) is 13.2 Å². The van der Waals surface area contributed by atoms with Gasteiger partial charge in [-0.05, 0) is 57.0 Å². The summed E-state index contributed by atoms with van der Waals surface area (Å²) in [6.45, 7) is 9.26. The van der Waals surface area contributed by atoms with Crippen molar-refractivity contribution in [3.8, 4) is 0 Å². The summed E-state index contributed by atoms with van der Waals surface area (Å²) in [5, 5.41) is 3.57. The Morgan fingerprint density at radius 1 is 1.10 bits per heavy atom. The van der Waals surface area contributed by atoms with Crippen LogP contribution in [0.15, 0.2) is 66.1 Å². The zero-order valence-electron chi connectivity index (χ0n) is 17.2. The summed E-state index contributed by atoms with van der Waals surface area (Å²) in [4.78, 5) is 13.3. The quantitative estimate of drug-likeness (QED) is 0.540. The highest BCUT2D eigenvalue weighted by atomic mass is 35.5. The third kappa shape index (κ3) is 6.57. The summed E-state index contributed by atoms with van der Waals surface area (Å²) < 4.78 is 28.6. The minimum absolute atomic E-state index is 0.0741. The van der Waals surface area contributed by atoms with Gasteiger partial charge in [0.25, 0.3) is 0 Å². The van der Waals surface area contributed by atoms with Gasteiger partial charge in [0.2, 0.25) is 15.9 Å². The van der Waals surface area contributed by atoms with Crippen LogP contribution in [0.4, 0.5) is 0 Å². The number of nitrogens with one attached hydrogen (secondary N) is 2. The molecular formula is C22H26Cl2N2O3S. The van der Waals surface area contributed by atoms with Crippen LogP contribution in [0, 0.1) is 0 Å². The lowest BCUT2D eigenvalue weighted by Crippen LogP contribution is -2.54. The predicted molar refractivity (Wildman–Crippen MR) is 122 cm³/mol. The summed E-state index contributed by atoms with van der Waals surface area (Å²) in [5.74, 6) is -0.988. The molecule has 0 aliphatic heterocycles. The summed E-state index contributed by atoms with van der Waals surface area (Å²) in [7, 11) is -3.95. The van der Waals surface area contributed by atoms with Crippen LogP contribution in [0.1, 0.15) is 38.7 Å². The van der Waals surface area contributed by atoms with E-state index in [1.54, 1.807) is 42.5 Å². The largest absolute Gasteiger partial charge is 0.350 e. The number of sulfonamides is 1. The SMILES string of the molecule is C=CC[C@@H](c1ccc(Cl)c(Cl)c1)C(NS(=O)(=O)c1ccccc1)C(=O)NC(C)(C)C. The monoisotopic (exact) mass is 468 g/mol. The summed E-state index contributed by atoms with van der Waals surface area (Å²) in [6, 6.07) is 11.8. The van der Waals surface area contributed by atoms with Crippen molar-refractivity contribution >= 4 is 39.1 Å². The van der Waals surface area contributed by atoms with Crippen LogP contribution in [0.3, 0.4) is 0 Å². The lowest BCUT2D eigenvalue weighted by Gasteiger charge is -2.30. The van der Waals surface area contributed by atoms with Crippen molar-refractivity contribution in [1.82, 2.24) is 10.0 Å². The van der Waals surface area contributed by atoms with Crippen LogP contribution in [-0.2, 0) is 14.8 Å². The maximum Gasteiger partial charge on any atom is 0.241 e. The molecule has 8 heteroatoms. The molecule has 0 saturated heterocycles. The molecule has 0 heterocycles. The smallest absolute Gasteiger partial charge is 0.241 e. The summed E-state index contributed by atoms with van der Waals surface area (Å²) in [5.41, 5.74) is 0.123. The first-order valence-corrected chi connectivity index (χ1v) is 11.6. The zero-order chi connectivity index (χ0) is 22.5. The van der Waals surface area contributed by atoms with Crippen molar-refractivity contribution in [1.29, 1.82) is 0 Å². The maximum atomic E-state index is 13.2. The number of allylic oxidation sites excluding steroid dienone is 1. The Morgan fingerprint density at radius 2 is 1.73 bits per heavy atom. The van der Waals surface area contributed by atoms with Gasteiger partial charge in [0.15, 0.2) is 0 Å². The van der Waals surface area contributed by atoms with Crippen molar-refractivity contribution in [2.24, 2.45) is 0 Å². The second-order valence-corrected chi connectivity index (χ2v) is 10.5. The second kappa shape index (κ2) is 9.96. The zero-order valence-corrected chi connectivity index (χ0v) is 19.5. The Bertz CT molecular complexity index is 1000. The topological polar surface area (TPSA) is 75.3 Å². The van der Waals surface area contributed by atoms with Gasteiger partial charge < -0.3 is 5.32 Å². The average molecular weight is 469 g/mol. The van der Waals surface area contributed by atoms with Crippen molar-refractivity contribution in [2.45, 2.75) is 49.6 Å². The molecule has 2 atom stereocenters. The highest BCUT2D eigenvalue weighted by Crippen LogP contribution is 2.31. The number of carbonyl (C=O) groups excluding carboxylic acids is 1. The molecule has 0 aliphatic carbocycles. The molecule has 0 fully saturated rings. The van der Waals surface area contributed by atoms with Crippen molar-refractivity contribution in [3.05, 3.63) is 76.8 Å². The molecule has 0 saturated carbocycles. The first-order chi connectivity index (χ1) is 13.9. The number of carbonyl (C=O) groups is 1. The first kappa shape index (κ1) is 24.4. The normalized spacial score (nSPS) is 14.0. The first-order valence-electron chi connectivity index (χ1n) is 9.40. The van der Waals surface area contributed by atoms with E-state index in [0.717, 1.165) is 0 Å². The Labute approximate surface area is 188 Å². The van der Waals surface area contributed by atoms with Gasteiger partial charge in [-0.25, -0.2) is 8.42 Å². The fourth-order valence-corrected chi connectivity index (χ4v) is 4.55. The van der Waals surface area contributed by atoms with Crippen LogP contribution in [0.5, 0.6) is 0 Å². The molecule has 0 bridgehead atoms. The van der Waals surface area contributed by atoms with E-state index in [2.05, 4.69) is 16.6 Å². The third-order valence-electron chi connectivity index (χ3n) is 4.31. The second-order valence-electron chi connectivity index (χ2n) is 7.96. The molecule has 2 aromatic rings. The molecule has 0 spiro atoms. The van der Waals surface area contributed by atoms with Gasteiger partial charge in [0.05, 0.1) is 14.9 Å². The van der Waals surface area contributed by atoms with E-state index in [-0.39, 0.29) is 4.90 Å². The molecule has 5 nitrogen and oxygen atoms in total. The van der Waals surface area contributed by atoms with Crippen molar-refractivity contribution in [2.75, 3.05) is 0 Å². The minimum Gasteiger partial charge on any atom is -0.350 e. The number of benzene rings is 2. The lowest BCUT2D eigenvalue weighted by atomic mass is 9.88. The molecule has 30 heavy (non-hydrogen) atoms. The van der Waals surface area contributed by atoms with Crippen LogP contribution in [0.2, 0.25) is 10.0 Å². The van der Waals surface area contributed by atoms with Crippen molar-refractivity contribution < 1.29 is 13.2 Å². The number of amides is 1. The van der Waals surface area contributed by atoms with Crippen LogP contribution < -0.4 is 10.0 Å². The Kier molecular flexibility index (Phi) is 8.11. The number of rotatable bonds is 8. The van der Waals surface area contributed by atoms with Crippen LogP contribution >= 0.6 is 23.2 Å². The van der Waals surface area contributed by atoms with Gasteiger partial charge in [0.1, 0.15) is 6.04 Å². The van der Waals surface area contributed by atoms with Gasteiger partial charge in [-0.2, -0.15) is 4.72 Å². The number of hydrogen-bond donors (Lipinski definition) is 2. The molecule has 0 aromatic heterocycles. The van der Waals surface area contributed by atoms with E-state index in [4.69, 9.17) is 23.2 Å². The van der Waals surface area contributed by atoms with E-state index in [1.165, 1.54) is 12.1 Å². The van der Waals surface area contributed by atoms with E-state index in [1.807, 2.05) is 20.8 Å². The number of hydrogen-bond acceptors (Lipinski definition) is 3.